The van der Waals surface area contributed by atoms with Gasteiger partial charge in [-0.15, -0.1) is 0 Å². The molecule has 1 fully saturated rings. The van der Waals surface area contributed by atoms with Gasteiger partial charge in [-0.25, -0.2) is 4.57 Å². The molecule has 6 rings (SSSR count). The van der Waals surface area contributed by atoms with E-state index in [1.807, 2.05) is 6.20 Å². The molecule has 3 nitrogen and oxygen atoms in total. The second-order valence-corrected chi connectivity index (χ2v) is 8.32. The number of aryl methyl sites for hydroxylation is 2. The van der Waals surface area contributed by atoms with Crippen LogP contribution in [-0.4, -0.2) is 9.55 Å². The van der Waals surface area contributed by atoms with Gasteiger partial charge in [0.1, 0.15) is 5.52 Å². The number of para-hydroxylation sites is 1. The molecule has 2 aromatic carbocycles. The van der Waals surface area contributed by atoms with Crippen molar-refractivity contribution in [3.8, 4) is 0 Å². The molecule has 0 aliphatic heterocycles. The van der Waals surface area contributed by atoms with Crippen molar-refractivity contribution in [2.24, 2.45) is 7.05 Å². The maximum Gasteiger partial charge on any atom is 0.297 e. The molecule has 0 unspecified atom stereocenters. The lowest BCUT2D eigenvalue weighted by Gasteiger charge is -2.08. The van der Waals surface area contributed by atoms with Gasteiger partial charge in [0.2, 0.25) is 0 Å². The lowest BCUT2D eigenvalue weighted by atomic mass is 9.97. The van der Waals surface area contributed by atoms with Gasteiger partial charge in [-0.3, -0.25) is 4.98 Å². The molecule has 0 N–H and O–H groups in total. The van der Waals surface area contributed by atoms with Gasteiger partial charge in [-0.05, 0) is 67.1 Å². The molecule has 0 amide bonds. The zero-order valence-corrected chi connectivity index (χ0v) is 16.4. The highest BCUT2D eigenvalue weighted by Crippen LogP contribution is 2.36. The van der Waals surface area contributed by atoms with Crippen LogP contribution in [0.25, 0.3) is 38.5 Å². The number of pyridine rings is 2. The van der Waals surface area contributed by atoms with E-state index in [9.17, 15) is 0 Å². The summed E-state index contributed by atoms with van der Waals surface area (Å²) in [7, 11) is 2.21. The number of rotatable bonds is 1. The van der Waals surface area contributed by atoms with Crippen LogP contribution in [0.2, 0.25) is 0 Å². The third-order valence-electron chi connectivity index (χ3n) is 6.74. The number of fused-ring (bicyclic) bond motifs is 8. The topological polar surface area (TPSA) is 21.9 Å². The Bertz CT molecular complexity index is 1390. The Morgan fingerprint density at radius 2 is 1.82 bits per heavy atom. The van der Waals surface area contributed by atoms with Gasteiger partial charge < -0.3 is 0 Å². The molecule has 0 radical (unpaired) electrons. The minimum atomic E-state index is 0.726. The van der Waals surface area contributed by atoms with Gasteiger partial charge in [0.15, 0.2) is 11.0 Å². The van der Waals surface area contributed by atoms with Crippen molar-refractivity contribution >= 4 is 38.5 Å². The zero-order valence-electron chi connectivity index (χ0n) is 16.4. The number of aromatic nitrogens is 3. The first-order chi connectivity index (χ1) is 13.7. The molecule has 0 saturated heterocycles. The maximum atomic E-state index is 4.79. The van der Waals surface area contributed by atoms with Crippen molar-refractivity contribution in [2.45, 2.75) is 38.5 Å². The molecule has 1 aliphatic rings. The minimum Gasteiger partial charge on any atom is -0.255 e. The van der Waals surface area contributed by atoms with Gasteiger partial charge in [-0.2, -0.15) is 4.40 Å². The molecule has 3 heterocycles. The molecule has 1 saturated carbocycles. The second-order valence-electron chi connectivity index (χ2n) is 8.32. The molecular formula is C25H24N3+. The molecule has 3 aromatic heterocycles. The van der Waals surface area contributed by atoms with Crippen LogP contribution in [0.15, 0.2) is 54.7 Å². The van der Waals surface area contributed by atoms with E-state index < -0.39 is 0 Å². The number of imidazole rings is 1. The monoisotopic (exact) mass is 366 g/mol. The summed E-state index contributed by atoms with van der Waals surface area (Å²) in [5.74, 6) is 0.726. The summed E-state index contributed by atoms with van der Waals surface area (Å²) in [5, 5.41) is 2.47. The summed E-state index contributed by atoms with van der Waals surface area (Å²) in [6.45, 7) is 2.19. The molecule has 0 spiro atoms. The normalized spacial score (nSPS) is 15.5. The molecule has 28 heavy (non-hydrogen) atoms. The summed E-state index contributed by atoms with van der Waals surface area (Å²) >= 11 is 0. The largest absolute Gasteiger partial charge is 0.297 e. The van der Waals surface area contributed by atoms with Crippen molar-refractivity contribution < 1.29 is 4.40 Å². The first-order valence-electron chi connectivity index (χ1n) is 10.3. The molecular weight excluding hydrogens is 342 g/mol. The first-order valence-corrected chi connectivity index (χ1v) is 10.3. The van der Waals surface area contributed by atoms with Crippen LogP contribution < -0.4 is 4.40 Å². The van der Waals surface area contributed by atoms with Crippen LogP contribution in [-0.2, 0) is 7.05 Å². The molecule has 1 aliphatic carbocycles. The summed E-state index contributed by atoms with van der Waals surface area (Å²) in [5.41, 5.74) is 8.92. The van der Waals surface area contributed by atoms with Crippen molar-refractivity contribution in [1.82, 2.24) is 9.55 Å². The molecule has 138 valence electrons. The van der Waals surface area contributed by atoms with E-state index in [0.717, 1.165) is 11.4 Å². The van der Waals surface area contributed by atoms with Gasteiger partial charge in [-0.1, -0.05) is 31.0 Å². The molecule has 5 aromatic rings. The molecule has 0 atom stereocenters. The van der Waals surface area contributed by atoms with E-state index in [4.69, 9.17) is 4.98 Å². The average Bonchev–Trinajstić information content (AvgIpc) is 3.36. The van der Waals surface area contributed by atoms with E-state index in [1.54, 1.807) is 0 Å². The highest BCUT2D eigenvalue weighted by Gasteiger charge is 2.26. The van der Waals surface area contributed by atoms with Crippen LogP contribution >= 0.6 is 0 Å². The Morgan fingerprint density at radius 1 is 1.00 bits per heavy atom. The highest BCUT2D eigenvalue weighted by molar-refractivity contribution is 6.09. The third-order valence-corrected chi connectivity index (χ3v) is 6.74. The smallest absolute Gasteiger partial charge is 0.255 e. The number of nitrogens with zero attached hydrogens (tertiary/aromatic N) is 3. The fourth-order valence-corrected chi connectivity index (χ4v) is 5.33. The van der Waals surface area contributed by atoms with Crippen LogP contribution in [0.5, 0.6) is 0 Å². The predicted molar refractivity (Wildman–Crippen MR) is 115 cm³/mol. The van der Waals surface area contributed by atoms with Crippen LogP contribution in [0, 0.1) is 6.92 Å². The van der Waals surface area contributed by atoms with E-state index in [-0.39, 0.29) is 0 Å². The van der Waals surface area contributed by atoms with Crippen LogP contribution in [0.1, 0.15) is 42.7 Å². The van der Waals surface area contributed by atoms with Crippen molar-refractivity contribution in [3.05, 3.63) is 65.9 Å². The zero-order chi connectivity index (χ0) is 18.8. The summed E-state index contributed by atoms with van der Waals surface area (Å²) in [4.78, 5) is 4.79. The summed E-state index contributed by atoms with van der Waals surface area (Å²) in [6, 6.07) is 17.9. The van der Waals surface area contributed by atoms with Gasteiger partial charge in [0.25, 0.3) is 5.65 Å². The Kier molecular flexibility index (Phi) is 3.31. The minimum absolute atomic E-state index is 0.726. The maximum absolute atomic E-state index is 4.79. The number of hydrogen-bond acceptors (Lipinski definition) is 1. The van der Waals surface area contributed by atoms with Gasteiger partial charge in [0.05, 0.1) is 18.0 Å². The van der Waals surface area contributed by atoms with Crippen molar-refractivity contribution in [2.75, 3.05) is 0 Å². The Balaban J connectivity index is 1.84. The van der Waals surface area contributed by atoms with E-state index in [1.165, 1.54) is 69.8 Å². The van der Waals surface area contributed by atoms with Gasteiger partial charge in [0, 0.05) is 11.6 Å². The third kappa shape index (κ3) is 2.05. The van der Waals surface area contributed by atoms with Crippen LogP contribution in [0.3, 0.4) is 0 Å². The van der Waals surface area contributed by atoms with E-state index >= 15 is 0 Å². The highest BCUT2D eigenvalue weighted by atomic mass is 15.1. The summed E-state index contributed by atoms with van der Waals surface area (Å²) < 4.78 is 4.80. The van der Waals surface area contributed by atoms with Crippen molar-refractivity contribution in [1.29, 1.82) is 0 Å². The predicted octanol–water partition coefficient (Wildman–Crippen LogP) is 5.58. The quantitative estimate of drug-likeness (QED) is 0.280. The van der Waals surface area contributed by atoms with E-state index in [2.05, 4.69) is 71.5 Å². The standard InChI is InChI=1S/C25H24N3/c1-16-13-14-26-24-19-9-5-6-10-20(19)28-21-12-11-18(17-7-3-4-8-17)15-22(21)27(2)25(28)23(16)24/h5-6,9-15,17H,3-4,7-8H2,1-2H3/q+1. The molecule has 3 heteroatoms. The fourth-order valence-electron chi connectivity index (χ4n) is 5.33. The van der Waals surface area contributed by atoms with E-state index in [0.29, 0.717) is 0 Å². The number of hydrogen-bond donors (Lipinski definition) is 0. The van der Waals surface area contributed by atoms with Gasteiger partial charge >= 0.3 is 0 Å². The van der Waals surface area contributed by atoms with Crippen LogP contribution in [0.4, 0.5) is 0 Å². The second kappa shape index (κ2) is 5.78. The SMILES string of the molecule is Cc1ccnc2c3ccccc3[n+]3c4ccc(C5CCCC5)cc4n(C)c3c12. The average molecular weight is 366 g/mol. The first kappa shape index (κ1) is 16.1. The Hall–Kier alpha value is -2.94. The molecule has 0 bridgehead atoms. The number of benzene rings is 2. The van der Waals surface area contributed by atoms with Crippen molar-refractivity contribution in [3.63, 3.8) is 0 Å². The lowest BCUT2D eigenvalue weighted by molar-refractivity contribution is -0.449. The lowest BCUT2D eigenvalue weighted by Crippen LogP contribution is -2.23. The Labute approximate surface area is 164 Å². The summed E-state index contributed by atoms with van der Waals surface area (Å²) in [6.07, 6.45) is 7.33. The fraction of sp³-hybridized carbons (Fsp3) is 0.280. The Morgan fingerprint density at radius 3 is 2.68 bits per heavy atom.